The molecule has 1 heterocycles. The van der Waals surface area contributed by atoms with Gasteiger partial charge in [0.25, 0.3) is 17.5 Å². The van der Waals surface area contributed by atoms with Crippen LogP contribution in [0.1, 0.15) is 0 Å². The fourth-order valence-electron chi connectivity index (χ4n) is 1.47. The molecule has 1 aliphatic heterocycles. The molecule has 1 aromatic carbocycles. The molecule has 0 aromatic heterocycles. The van der Waals surface area contributed by atoms with Gasteiger partial charge >= 0.3 is 6.03 Å². The summed E-state index contributed by atoms with van der Waals surface area (Å²) < 4.78 is 0. The van der Waals surface area contributed by atoms with E-state index < -0.39 is 28.8 Å². The highest BCUT2D eigenvalue weighted by Crippen LogP contribution is 2.14. The van der Waals surface area contributed by atoms with Crippen molar-refractivity contribution in [2.75, 3.05) is 5.43 Å². The Labute approximate surface area is 111 Å². The summed E-state index contributed by atoms with van der Waals surface area (Å²) in [5, 5.41) is 14.3. The van der Waals surface area contributed by atoms with Gasteiger partial charge < -0.3 is 5.43 Å². The van der Waals surface area contributed by atoms with Crippen molar-refractivity contribution in [1.29, 1.82) is 0 Å². The van der Waals surface area contributed by atoms with Gasteiger partial charge in [-0.2, -0.15) is 0 Å². The molecule has 2 rings (SSSR count). The van der Waals surface area contributed by atoms with Crippen LogP contribution in [0.2, 0.25) is 0 Å². The molecule has 20 heavy (non-hydrogen) atoms. The van der Waals surface area contributed by atoms with Crippen molar-refractivity contribution in [3.8, 4) is 0 Å². The van der Waals surface area contributed by atoms with E-state index in [-0.39, 0.29) is 5.69 Å². The molecule has 10 heteroatoms. The number of hydrogen-bond donors (Lipinski definition) is 4. The Morgan fingerprint density at radius 1 is 1.05 bits per heavy atom. The third kappa shape index (κ3) is 2.87. The minimum atomic E-state index is -1.29. The van der Waals surface area contributed by atoms with Gasteiger partial charge in [-0.3, -0.25) is 30.3 Å². The number of nitrogens with zero attached hydrogens (tertiary/aromatic N) is 1. The Morgan fingerprint density at radius 2 is 1.60 bits per heavy atom. The molecular formula is C10H9N5O5. The first kappa shape index (κ1) is 13.4. The smallest absolute Gasteiger partial charge is 0.320 e. The van der Waals surface area contributed by atoms with Crippen molar-refractivity contribution in [3.63, 3.8) is 0 Å². The van der Waals surface area contributed by atoms with Crippen molar-refractivity contribution in [1.82, 2.24) is 16.1 Å². The van der Waals surface area contributed by atoms with Crippen LogP contribution in [-0.4, -0.2) is 28.8 Å². The van der Waals surface area contributed by atoms with Crippen molar-refractivity contribution >= 4 is 29.2 Å². The number of nitro groups is 1. The maximum atomic E-state index is 11.4. The number of nitrogens with one attached hydrogen (secondary N) is 4. The Morgan fingerprint density at radius 3 is 2.10 bits per heavy atom. The standard InChI is InChI=1S/C10H9N5O5/c16-8-7(9(17)12-10(18)11-8)14-13-5-1-3-6(4-2-5)15(19)20/h1-4,7,13-14H,(H2,11,12,16,17,18). The average molecular weight is 279 g/mol. The van der Waals surface area contributed by atoms with E-state index in [1.54, 1.807) is 0 Å². The number of imide groups is 2. The van der Waals surface area contributed by atoms with E-state index in [1.165, 1.54) is 24.3 Å². The Hall–Kier alpha value is -3.01. The number of rotatable bonds is 4. The number of urea groups is 1. The predicted molar refractivity (Wildman–Crippen MR) is 65.3 cm³/mol. The first-order chi connectivity index (χ1) is 9.47. The first-order valence-corrected chi connectivity index (χ1v) is 5.39. The van der Waals surface area contributed by atoms with Gasteiger partial charge in [0, 0.05) is 17.8 Å². The highest BCUT2D eigenvalue weighted by atomic mass is 16.6. The SMILES string of the molecule is O=C1NC(=O)C(NNc2ccc([N+](=O)[O-])cc2)C(=O)N1. The fourth-order valence-corrected chi connectivity index (χ4v) is 1.47. The quantitative estimate of drug-likeness (QED) is 0.322. The van der Waals surface area contributed by atoms with Crippen LogP contribution < -0.4 is 21.5 Å². The van der Waals surface area contributed by atoms with Gasteiger partial charge in [0.05, 0.1) is 4.92 Å². The van der Waals surface area contributed by atoms with E-state index in [2.05, 4.69) is 10.9 Å². The number of nitro benzene ring substituents is 1. The summed E-state index contributed by atoms with van der Waals surface area (Å²) in [5.74, 6) is -1.60. The highest BCUT2D eigenvalue weighted by molar-refractivity contribution is 6.18. The Kier molecular flexibility index (Phi) is 3.57. The van der Waals surface area contributed by atoms with Crippen molar-refractivity contribution < 1.29 is 19.3 Å². The molecule has 0 radical (unpaired) electrons. The Bertz CT molecular complexity index is 564. The van der Waals surface area contributed by atoms with Crippen LogP contribution in [0.15, 0.2) is 24.3 Å². The van der Waals surface area contributed by atoms with Gasteiger partial charge in [0.15, 0.2) is 6.04 Å². The van der Waals surface area contributed by atoms with Gasteiger partial charge in [-0.15, -0.1) is 0 Å². The third-order valence-corrected chi connectivity index (χ3v) is 2.44. The average Bonchev–Trinajstić information content (AvgIpc) is 2.38. The molecule has 0 atom stereocenters. The summed E-state index contributed by atoms with van der Waals surface area (Å²) in [7, 11) is 0. The highest BCUT2D eigenvalue weighted by Gasteiger charge is 2.33. The summed E-state index contributed by atoms with van der Waals surface area (Å²) in [4.78, 5) is 43.5. The van der Waals surface area contributed by atoms with Crippen LogP contribution in [0, 0.1) is 10.1 Å². The van der Waals surface area contributed by atoms with E-state index in [0.29, 0.717) is 5.69 Å². The molecule has 4 N–H and O–H groups in total. The van der Waals surface area contributed by atoms with Crippen LogP contribution >= 0.6 is 0 Å². The van der Waals surface area contributed by atoms with Gasteiger partial charge in [-0.1, -0.05) is 0 Å². The minimum Gasteiger partial charge on any atom is -0.320 e. The summed E-state index contributed by atoms with van der Waals surface area (Å²) in [6.45, 7) is 0. The normalized spacial score (nSPS) is 15.5. The molecule has 4 amide bonds. The van der Waals surface area contributed by atoms with E-state index in [9.17, 15) is 24.5 Å². The van der Waals surface area contributed by atoms with E-state index in [4.69, 9.17) is 0 Å². The largest absolute Gasteiger partial charge is 0.328 e. The lowest BCUT2D eigenvalue weighted by Crippen LogP contribution is -2.64. The summed E-state index contributed by atoms with van der Waals surface area (Å²) in [6.07, 6.45) is 0. The number of non-ortho nitro benzene ring substituents is 1. The third-order valence-electron chi connectivity index (χ3n) is 2.44. The second kappa shape index (κ2) is 5.32. The van der Waals surface area contributed by atoms with Crippen molar-refractivity contribution in [3.05, 3.63) is 34.4 Å². The number of amides is 4. The van der Waals surface area contributed by atoms with Gasteiger partial charge in [-0.05, 0) is 12.1 Å². The number of hydrazine groups is 1. The zero-order valence-electron chi connectivity index (χ0n) is 9.88. The van der Waals surface area contributed by atoms with Crippen LogP contribution in [-0.2, 0) is 9.59 Å². The number of hydrogen-bond acceptors (Lipinski definition) is 7. The maximum Gasteiger partial charge on any atom is 0.328 e. The van der Waals surface area contributed by atoms with Crippen LogP contribution in [0.4, 0.5) is 16.2 Å². The summed E-state index contributed by atoms with van der Waals surface area (Å²) in [6, 6.07) is 3.14. The lowest BCUT2D eigenvalue weighted by Gasteiger charge is -2.22. The molecule has 104 valence electrons. The zero-order chi connectivity index (χ0) is 14.7. The van der Waals surface area contributed by atoms with Crippen LogP contribution in [0.25, 0.3) is 0 Å². The Balaban J connectivity index is 1.98. The topological polar surface area (TPSA) is 142 Å². The van der Waals surface area contributed by atoms with Crippen molar-refractivity contribution in [2.45, 2.75) is 6.04 Å². The predicted octanol–water partition coefficient (Wildman–Crippen LogP) is -0.754. The van der Waals surface area contributed by atoms with E-state index >= 15 is 0 Å². The molecular weight excluding hydrogens is 270 g/mol. The van der Waals surface area contributed by atoms with Crippen LogP contribution in [0.5, 0.6) is 0 Å². The molecule has 0 unspecified atom stereocenters. The first-order valence-electron chi connectivity index (χ1n) is 5.39. The lowest BCUT2D eigenvalue weighted by molar-refractivity contribution is -0.384. The number of anilines is 1. The number of carbonyl (C=O) groups is 3. The van der Waals surface area contributed by atoms with E-state index in [1.807, 2.05) is 10.6 Å². The molecule has 0 saturated carbocycles. The fraction of sp³-hybridized carbons (Fsp3) is 0.100. The second-order valence-electron chi connectivity index (χ2n) is 3.81. The van der Waals surface area contributed by atoms with Gasteiger partial charge in [-0.25, -0.2) is 10.2 Å². The van der Waals surface area contributed by atoms with Crippen LogP contribution in [0.3, 0.4) is 0 Å². The van der Waals surface area contributed by atoms with Gasteiger partial charge in [0.2, 0.25) is 0 Å². The molecule has 10 nitrogen and oxygen atoms in total. The van der Waals surface area contributed by atoms with E-state index in [0.717, 1.165) is 0 Å². The maximum absolute atomic E-state index is 11.4. The monoisotopic (exact) mass is 279 g/mol. The minimum absolute atomic E-state index is 0.0886. The van der Waals surface area contributed by atoms with Crippen molar-refractivity contribution in [2.24, 2.45) is 0 Å². The molecule has 0 aliphatic carbocycles. The molecule has 1 saturated heterocycles. The molecule has 0 bridgehead atoms. The lowest BCUT2D eigenvalue weighted by atomic mass is 10.2. The zero-order valence-corrected chi connectivity index (χ0v) is 9.88. The second-order valence-corrected chi connectivity index (χ2v) is 3.81. The number of benzene rings is 1. The summed E-state index contributed by atoms with van der Waals surface area (Å²) in [5.41, 5.74) is 5.28. The summed E-state index contributed by atoms with van der Waals surface area (Å²) >= 11 is 0. The molecule has 1 aliphatic rings. The molecule has 0 spiro atoms. The number of carbonyl (C=O) groups excluding carboxylic acids is 3. The molecule has 1 fully saturated rings. The van der Waals surface area contributed by atoms with Gasteiger partial charge in [0.1, 0.15) is 0 Å². The number of barbiturate groups is 1. The molecule has 1 aromatic rings.